The highest BCUT2D eigenvalue weighted by Crippen LogP contribution is 2.15. The van der Waals surface area contributed by atoms with Crippen molar-refractivity contribution in [2.45, 2.75) is 13.3 Å². The Labute approximate surface area is 88.1 Å². The molecule has 0 bridgehead atoms. The third kappa shape index (κ3) is 2.71. The average molecular weight is 212 g/mol. The van der Waals surface area contributed by atoms with Gasteiger partial charge in [0.05, 0.1) is 12.0 Å². The molecule has 1 unspecified atom stereocenters. The zero-order valence-electron chi connectivity index (χ0n) is 7.93. The Morgan fingerprint density at radius 3 is 2.86 bits per heavy atom. The fourth-order valence-corrected chi connectivity index (χ4v) is 1.44. The van der Waals surface area contributed by atoms with Crippen LogP contribution in [0.5, 0.6) is 0 Å². The van der Waals surface area contributed by atoms with Crippen molar-refractivity contribution in [1.82, 2.24) is 0 Å². The third-order valence-corrected chi connectivity index (χ3v) is 2.52. The van der Waals surface area contributed by atoms with Gasteiger partial charge in [0.2, 0.25) is 0 Å². The lowest BCUT2D eigenvalue weighted by atomic mass is 9.98. The summed E-state index contributed by atoms with van der Waals surface area (Å²) in [7, 11) is 0. The number of nitrogens with zero attached hydrogens (tertiary/aromatic N) is 1. The van der Waals surface area contributed by atoms with Gasteiger partial charge in [-0.25, -0.2) is 4.39 Å². The van der Waals surface area contributed by atoms with Crippen molar-refractivity contribution in [3.63, 3.8) is 0 Å². The van der Waals surface area contributed by atoms with Crippen LogP contribution >= 0.6 is 11.6 Å². The molecule has 0 aliphatic rings. The number of rotatable bonds is 3. The maximum absolute atomic E-state index is 12.9. The lowest BCUT2D eigenvalue weighted by Crippen LogP contribution is -2.05. The Morgan fingerprint density at radius 1 is 1.57 bits per heavy atom. The molecule has 0 aliphatic heterocycles. The van der Waals surface area contributed by atoms with Gasteiger partial charge in [-0.1, -0.05) is 6.07 Å². The molecule has 0 amide bonds. The molecule has 0 N–H and O–H groups in total. The fourth-order valence-electron chi connectivity index (χ4n) is 1.26. The van der Waals surface area contributed by atoms with Crippen LogP contribution in [0, 0.1) is 30.0 Å². The van der Waals surface area contributed by atoms with E-state index < -0.39 is 0 Å². The first-order chi connectivity index (χ1) is 6.67. The van der Waals surface area contributed by atoms with Crippen LogP contribution in [0.15, 0.2) is 18.2 Å². The average Bonchev–Trinajstić information content (AvgIpc) is 2.19. The first-order valence-electron chi connectivity index (χ1n) is 4.38. The van der Waals surface area contributed by atoms with E-state index >= 15 is 0 Å². The summed E-state index contributed by atoms with van der Waals surface area (Å²) in [4.78, 5) is 0. The van der Waals surface area contributed by atoms with Crippen LogP contribution < -0.4 is 0 Å². The van der Waals surface area contributed by atoms with Gasteiger partial charge in [-0.05, 0) is 36.6 Å². The van der Waals surface area contributed by atoms with Gasteiger partial charge >= 0.3 is 0 Å². The Hall–Kier alpha value is -1.07. The van der Waals surface area contributed by atoms with Gasteiger partial charge < -0.3 is 0 Å². The van der Waals surface area contributed by atoms with E-state index in [0.717, 1.165) is 11.1 Å². The molecule has 1 atom stereocenters. The van der Waals surface area contributed by atoms with Crippen molar-refractivity contribution in [3.8, 4) is 6.07 Å². The SMILES string of the molecule is Cc1ccc(F)cc1CC(C#N)CCl. The number of hydrogen-bond donors (Lipinski definition) is 0. The molecule has 0 heterocycles. The van der Waals surface area contributed by atoms with Crippen molar-refractivity contribution in [1.29, 1.82) is 5.26 Å². The van der Waals surface area contributed by atoms with Crippen LogP contribution in [-0.2, 0) is 6.42 Å². The Morgan fingerprint density at radius 2 is 2.29 bits per heavy atom. The maximum atomic E-state index is 12.9. The second kappa shape index (κ2) is 4.97. The largest absolute Gasteiger partial charge is 0.207 e. The first kappa shape index (κ1) is 11.0. The summed E-state index contributed by atoms with van der Waals surface area (Å²) < 4.78 is 12.9. The third-order valence-electron chi connectivity index (χ3n) is 2.15. The molecule has 74 valence electrons. The maximum Gasteiger partial charge on any atom is 0.123 e. The number of halogens is 2. The Kier molecular flexibility index (Phi) is 3.91. The number of aryl methyl sites for hydroxylation is 1. The monoisotopic (exact) mass is 211 g/mol. The molecule has 0 radical (unpaired) electrons. The zero-order valence-corrected chi connectivity index (χ0v) is 8.68. The summed E-state index contributed by atoms with van der Waals surface area (Å²) in [6.45, 7) is 1.90. The van der Waals surface area contributed by atoms with Crippen molar-refractivity contribution >= 4 is 11.6 Å². The van der Waals surface area contributed by atoms with Gasteiger partial charge in [-0.15, -0.1) is 11.6 Å². The van der Waals surface area contributed by atoms with Crippen LogP contribution in [-0.4, -0.2) is 5.88 Å². The van der Waals surface area contributed by atoms with Crippen LogP contribution in [0.4, 0.5) is 4.39 Å². The van der Waals surface area contributed by atoms with Gasteiger partial charge in [-0.3, -0.25) is 0 Å². The van der Waals surface area contributed by atoms with Gasteiger partial charge in [-0.2, -0.15) is 5.26 Å². The molecule has 0 fully saturated rings. The van der Waals surface area contributed by atoms with E-state index in [1.807, 2.05) is 6.92 Å². The van der Waals surface area contributed by atoms with Gasteiger partial charge in [0, 0.05) is 5.88 Å². The number of nitriles is 1. The van der Waals surface area contributed by atoms with E-state index in [0.29, 0.717) is 6.42 Å². The molecule has 0 saturated heterocycles. The number of hydrogen-bond acceptors (Lipinski definition) is 1. The molecule has 0 saturated carbocycles. The Bertz CT molecular complexity index is 357. The van der Waals surface area contributed by atoms with E-state index in [4.69, 9.17) is 16.9 Å². The minimum atomic E-state index is -0.267. The quantitative estimate of drug-likeness (QED) is 0.705. The highest BCUT2D eigenvalue weighted by molar-refractivity contribution is 6.18. The normalized spacial score (nSPS) is 12.1. The summed E-state index contributed by atoms with van der Waals surface area (Å²) in [6.07, 6.45) is 0.517. The molecule has 1 nitrogen and oxygen atoms in total. The molecule has 1 aromatic rings. The summed E-state index contributed by atoms with van der Waals surface area (Å²) in [5.41, 5.74) is 1.86. The van der Waals surface area contributed by atoms with E-state index in [9.17, 15) is 4.39 Å². The van der Waals surface area contributed by atoms with Crippen molar-refractivity contribution in [3.05, 3.63) is 35.1 Å². The number of alkyl halides is 1. The van der Waals surface area contributed by atoms with E-state index in [2.05, 4.69) is 6.07 Å². The van der Waals surface area contributed by atoms with Crippen molar-refractivity contribution in [2.75, 3.05) is 5.88 Å². The second-order valence-electron chi connectivity index (χ2n) is 3.26. The Balaban J connectivity index is 2.86. The summed E-state index contributed by atoms with van der Waals surface area (Å²) in [5.74, 6) is -0.221. The molecule has 3 heteroatoms. The summed E-state index contributed by atoms with van der Waals surface area (Å²) >= 11 is 5.59. The van der Waals surface area contributed by atoms with Crippen LogP contribution in [0.25, 0.3) is 0 Å². The first-order valence-corrected chi connectivity index (χ1v) is 4.91. The second-order valence-corrected chi connectivity index (χ2v) is 3.56. The summed E-state index contributed by atoms with van der Waals surface area (Å²) in [6, 6.07) is 6.69. The molecular formula is C11H11ClFN. The van der Waals surface area contributed by atoms with Crippen LogP contribution in [0.3, 0.4) is 0 Å². The molecular weight excluding hydrogens is 201 g/mol. The molecule has 1 aromatic carbocycles. The highest BCUT2D eigenvalue weighted by Gasteiger charge is 2.09. The van der Waals surface area contributed by atoms with Gasteiger partial charge in [0.15, 0.2) is 0 Å². The summed E-state index contributed by atoms with van der Waals surface area (Å²) in [5, 5.41) is 8.72. The smallest absolute Gasteiger partial charge is 0.123 e. The van der Waals surface area contributed by atoms with E-state index in [-0.39, 0.29) is 17.6 Å². The molecule has 0 aromatic heterocycles. The van der Waals surface area contributed by atoms with Gasteiger partial charge in [0.1, 0.15) is 5.82 Å². The highest BCUT2D eigenvalue weighted by atomic mass is 35.5. The van der Waals surface area contributed by atoms with E-state index in [1.54, 1.807) is 6.07 Å². The van der Waals surface area contributed by atoms with E-state index in [1.165, 1.54) is 12.1 Å². The van der Waals surface area contributed by atoms with Crippen LogP contribution in [0.1, 0.15) is 11.1 Å². The minimum absolute atomic E-state index is 0.239. The lowest BCUT2D eigenvalue weighted by Gasteiger charge is -2.08. The zero-order chi connectivity index (χ0) is 10.6. The van der Waals surface area contributed by atoms with Gasteiger partial charge in [0.25, 0.3) is 0 Å². The van der Waals surface area contributed by atoms with Crippen LogP contribution in [0.2, 0.25) is 0 Å². The lowest BCUT2D eigenvalue weighted by molar-refractivity contribution is 0.621. The molecule has 1 rings (SSSR count). The van der Waals surface area contributed by atoms with Crippen molar-refractivity contribution in [2.24, 2.45) is 5.92 Å². The molecule has 14 heavy (non-hydrogen) atoms. The predicted octanol–water partition coefficient (Wildman–Crippen LogP) is 3.06. The predicted molar refractivity (Wildman–Crippen MR) is 54.7 cm³/mol. The molecule has 0 spiro atoms. The van der Waals surface area contributed by atoms with Crippen molar-refractivity contribution < 1.29 is 4.39 Å². The molecule has 0 aliphatic carbocycles. The minimum Gasteiger partial charge on any atom is -0.207 e. The topological polar surface area (TPSA) is 23.8 Å². The number of benzene rings is 1. The fraction of sp³-hybridized carbons (Fsp3) is 0.364. The standard InChI is InChI=1S/C11H11ClFN/c1-8-2-3-11(13)5-10(8)4-9(6-12)7-14/h2-3,5,9H,4,6H2,1H3.